The van der Waals surface area contributed by atoms with E-state index in [-0.39, 0.29) is 11.9 Å². The smallest absolute Gasteiger partial charge is 0.317 e. The Bertz CT molecular complexity index is 453. The van der Waals surface area contributed by atoms with Gasteiger partial charge in [0.2, 0.25) is 5.91 Å². The minimum absolute atomic E-state index is 0.0115. The lowest BCUT2D eigenvalue weighted by atomic mass is 10.2. The van der Waals surface area contributed by atoms with Crippen LogP contribution in [0.1, 0.15) is 24.6 Å². The Morgan fingerprint density at radius 2 is 1.95 bits per heavy atom. The van der Waals surface area contributed by atoms with Crippen molar-refractivity contribution in [3.05, 3.63) is 22.4 Å². The standard InChI is InChI=1S/C15H23N3O2S/c1-2-7-16-15(20)18-10-8-17(9-11-18)14(19)6-5-13-4-3-12-21-13/h3-4,12H,2,5-11H2,1H3,(H,16,20). The minimum Gasteiger partial charge on any atom is -0.339 e. The number of piperazine rings is 1. The molecule has 21 heavy (non-hydrogen) atoms. The highest BCUT2D eigenvalue weighted by molar-refractivity contribution is 7.09. The van der Waals surface area contributed by atoms with Gasteiger partial charge in [0, 0.05) is 44.0 Å². The zero-order valence-electron chi connectivity index (χ0n) is 12.5. The Labute approximate surface area is 129 Å². The second-order valence-corrected chi connectivity index (χ2v) is 6.21. The molecule has 1 fully saturated rings. The molecular formula is C15H23N3O2S. The summed E-state index contributed by atoms with van der Waals surface area (Å²) in [6, 6.07) is 4.06. The minimum atomic E-state index is -0.0115. The van der Waals surface area contributed by atoms with Gasteiger partial charge in [-0.3, -0.25) is 4.79 Å². The summed E-state index contributed by atoms with van der Waals surface area (Å²) in [5, 5.41) is 4.91. The molecule has 0 radical (unpaired) electrons. The first kappa shape index (κ1) is 15.8. The highest BCUT2D eigenvalue weighted by atomic mass is 32.1. The van der Waals surface area contributed by atoms with Crippen LogP contribution >= 0.6 is 11.3 Å². The van der Waals surface area contributed by atoms with Crippen molar-refractivity contribution in [2.45, 2.75) is 26.2 Å². The van der Waals surface area contributed by atoms with E-state index in [1.807, 2.05) is 23.3 Å². The van der Waals surface area contributed by atoms with Crippen molar-refractivity contribution in [3.63, 3.8) is 0 Å². The average Bonchev–Trinajstić information content (AvgIpc) is 3.04. The van der Waals surface area contributed by atoms with Crippen molar-refractivity contribution in [2.75, 3.05) is 32.7 Å². The maximum atomic E-state index is 12.2. The van der Waals surface area contributed by atoms with Crippen LogP contribution in [0.15, 0.2) is 17.5 Å². The molecule has 2 rings (SSSR count). The second kappa shape index (κ2) is 8.02. The predicted octanol–water partition coefficient (Wildman–Crippen LogP) is 1.94. The van der Waals surface area contributed by atoms with Gasteiger partial charge in [0.1, 0.15) is 0 Å². The summed E-state index contributed by atoms with van der Waals surface area (Å²) in [7, 11) is 0. The van der Waals surface area contributed by atoms with E-state index < -0.39 is 0 Å². The van der Waals surface area contributed by atoms with Gasteiger partial charge in [-0.1, -0.05) is 13.0 Å². The number of nitrogens with one attached hydrogen (secondary N) is 1. The molecule has 116 valence electrons. The number of amides is 3. The lowest BCUT2D eigenvalue weighted by molar-refractivity contribution is -0.132. The summed E-state index contributed by atoms with van der Waals surface area (Å²) >= 11 is 1.69. The van der Waals surface area contributed by atoms with E-state index in [0.717, 1.165) is 12.8 Å². The summed E-state index contributed by atoms with van der Waals surface area (Å²) in [6.45, 7) is 5.27. The Balaban J connectivity index is 1.70. The van der Waals surface area contributed by atoms with Gasteiger partial charge in [0.15, 0.2) is 0 Å². The lowest BCUT2D eigenvalue weighted by Crippen LogP contribution is -2.53. The number of carbonyl (C=O) groups is 2. The van der Waals surface area contributed by atoms with Crippen LogP contribution in [0.3, 0.4) is 0 Å². The zero-order valence-corrected chi connectivity index (χ0v) is 13.3. The molecule has 6 heteroatoms. The number of thiophene rings is 1. The average molecular weight is 309 g/mol. The monoisotopic (exact) mass is 309 g/mol. The first-order chi connectivity index (χ1) is 10.2. The third-order valence-corrected chi connectivity index (χ3v) is 4.55. The SMILES string of the molecule is CCCNC(=O)N1CCN(C(=O)CCc2cccs2)CC1. The Morgan fingerprint density at radius 3 is 2.57 bits per heavy atom. The van der Waals surface area contributed by atoms with Crippen molar-refractivity contribution in [1.29, 1.82) is 0 Å². The van der Waals surface area contributed by atoms with E-state index in [0.29, 0.717) is 39.1 Å². The molecule has 1 aromatic rings. The molecule has 0 saturated carbocycles. The molecule has 0 atom stereocenters. The molecule has 0 unspecified atom stereocenters. The highest BCUT2D eigenvalue weighted by Gasteiger charge is 2.23. The van der Waals surface area contributed by atoms with Crippen molar-refractivity contribution in [2.24, 2.45) is 0 Å². The first-order valence-corrected chi connectivity index (χ1v) is 8.41. The Hall–Kier alpha value is -1.56. The van der Waals surface area contributed by atoms with E-state index in [1.54, 1.807) is 16.2 Å². The number of nitrogens with zero attached hydrogens (tertiary/aromatic N) is 2. The van der Waals surface area contributed by atoms with E-state index in [2.05, 4.69) is 11.4 Å². The molecule has 1 aliphatic rings. The second-order valence-electron chi connectivity index (χ2n) is 5.18. The molecule has 1 N–H and O–H groups in total. The van der Waals surface area contributed by atoms with Crippen LogP contribution in [0.25, 0.3) is 0 Å². The fraction of sp³-hybridized carbons (Fsp3) is 0.600. The first-order valence-electron chi connectivity index (χ1n) is 7.53. The van der Waals surface area contributed by atoms with Crippen molar-refractivity contribution >= 4 is 23.3 Å². The van der Waals surface area contributed by atoms with Gasteiger partial charge in [0.05, 0.1) is 0 Å². The number of urea groups is 1. The van der Waals surface area contributed by atoms with Gasteiger partial charge in [-0.25, -0.2) is 4.79 Å². The predicted molar refractivity (Wildman–Crippen MR) is 84.5 cm³/mol. The summed E-state index contributed by atoms with van der Waals surface area (Å²) in [4.78, 5) is 28.9. The zero-order chi connectivity index (χ0) is 15.1. The Morgan fingerprint density at radius 1 is 1.24 bits per heavy atom. The van der Waals surface area contributed by atoms with Crippen LogP contribution in [-0.2, 0) is 11.2 Å². The van der Waals surface area contributed by atoms with Gasteiger partial charge in [-0.2, -0.15) is 0 Å². The largest absolute Gasteiger partial charge is 0.339 e. The fourth-order valence-corrected chi connectivity index (χ4v) is 3.05. The number of aryl methyl sites for hydroxylation is 1. The van der Waals surface area contributed by atoms with Crippen molar-refractivity contribution in [3.8, 4) is 0 Å². The molecule has 1 aromatic heterocycles. The normalized spacial score (nSPS) is 15.1. The molecular weight excluding hydrogens is 286 g/mol. The molecule has 2 heterocycles. The number of carbonyl (C=O) groups excluding carboxylic acids is 2. The molecule has 5 nitrogen and oxygen atoms in total. The van der Waals surface area contributed by atoms with Crippen LogP contribution in [-0.4, -0.2) is 54.5 Å². The summed E-state index contributed by atoms with van der Waals surface area (Å²) in [5.41, 5.74) is 0. The summed E-state index contributed by atoms with van der Waals surface area (Å²) in [6.07, 6.45) is 2.31. The van der Waals surface area contributed by atoms with Gasteiger partial charge < -0.3 is 15.1 Å². The van der Waals surface area contributed by atoms with E-state index in [4.69, 9.17) is 0 Å². The fourth-order valence-electron chi connectivity index (χ4n) is 2.35. The van der Waals surface area contributed by atoms with Gasteiger partial charge >= 0.3 is 6.03 Å². The Kier molecular flexibility index (Phi) is 6.04. The maximum Gasteiger partial charge on any atom is 0.317 e. The highest BCUT2D eigenvalue weighted by Crippen LogP contribution is 2.12. The number of rotatable bonds is 5. The number of hydrogen-bond acceptors (Lipinski definition) is 3. The van der Waals surface area contributed by atoms with Gasteiger partial charge in [-0.15, -0.1) is 11.3 Å². The summed E-state index contributed by atoms with van der Waals surface area (Å²) < 4.78 is 0. The van der Waals surface area contributed by atoms with Crippen LogP contribution in [0.4, 0.5) is 4.79 Å². The number of hydrogen-bond donors (Lipinski definition) is 1. The molecule has 0 bridgehead atoms. The van der Waals surface area contributed by atoms with Crippen LogP contribution in [0, 0.1) is 0 Å². The molecule has 1 saturated heterocycles. The topological polar surface area (TPSA) is 52.7 Å². The van der Waals surface area contributed by atoms with Crippen molar-refractivity contribution < 1.29 is 9.59 Å². The van der Waals surface area contributed by atoms with E-state index in [9.17, 15) is 9.59 Å². The van der Waals surface area contributed by atoms with Gasteiger partial charge in [0.25, 0.3) is 0 Å². The molecule has 0 spiro atoms. The molecule has 1 aliphatic heterocycles. The molecule has 0 aromatic carbocycles. The molecule has 3 amide bonds. The van der Waals surface area contributed by atoms with Crippen LogP contribution in [0.2, 0.25) is 0 Å². The lowest BCUT2D eigenvalue weighted by Gasteiger charge is -2.34. The molecule has 0 aliphatic carbocycles. The van der Waals surface area contributed by atoms with Crippen LogP contribution in [0.5, 0.6) is 0 Å². The third kappa shape index (κ3) is 4.74. The van der Waals surface area contributed by atoms with Crippen LogP contribution < -0.4 is 5.32 Å². The van der Waals surface area contributed by atoms with E-state index >= 15 is 0 Å². The maximum absolute atomic E-state index is 12.2. The van der Waals surface area contributed by atoms with Gasteiger partial charge in [-0.05, 0) is 24.3 Å². The quantitative estimate of drug-likeness (QED) is 0.904. The summed E-state index contributed by atoms with van der Waals surface area (Å²) in [5.74, 6) is 0.192. The van der Waals surface area contributed by atoms with E-state index in [1.165, 1.54) is 4.88 Å². The van der Waals surface area contributed by atoms with Crippen molar-refractivity contribution in [1.82, 2.24) is 15.1 Å². The third-order valence-electron chi connectivity index (χ3n) is 3.61.